The molecule has 2 aliphatic heterocycles. The van der Waals surface area contributed by atoms with Gasteiger partial charge < -0.3 is 15.0 Å². The molecular formula is C14H24N2O2. The number of rotatable bonds is 5. The molecule has 1 amide bonds. The molecule has 0 aromatic rings. The van der Waals surface area contributed by atoms with E-state index in [0.717, 1.165) is 51.7 Å². The van der Waals surface area contributed by atoms with Crippen molar-refractivity contribution < 1.29 is 9.59 Å². The maximum atomic E-state index is 11.3. The molecule has 2 unspecified atom stereocenters. The fourth-order valence-electron chi connectivity index (χ4n) is 3.10. The maximum absolute atomic E-state index is 11.3. The van der Waals surface area contributed by atoms with Gasteiger partial charge in [-0.05, 0) is 45.1 Å². The van der Waals surface area contributed by atoms with Crippen molar-refractivity contribution in [2.75, 3.05) is 19.6 Å². The Morgan fingerprint density at radius 1 is 1.39 bits per heavy atom. The van der Waals surface area contributed by atoms with E-state index < -0.39 is 0 Å². The number of unbranched alkanes of at least 4 members (excludes halogenated alkanes) is 1. The van der Waals surface area contributed by atoms with Crippen molar-refractivity contribution >= 4 is 11.7 Å². The molecule has 2 heterocycles. The highest BCUT2D eigenvalue weighted by molar-refractivity contribution is 5.77. The topological polar surface area (TPSA) is 49.4 Å². The number of hydrogen-bond acceptors (Lipinski definition) is 3. The van der Waals surface area contributed by atoms with Gasteiger partial charge in [-0.15, -0.1) is 0 Å². The van der Waals surface area contributed by atoms with E-state index >= 15 is 0 Å². The first-order valence-corrected chi connectivity index (χ1v) is 7.16. The highest BCUT2D eigenvalue weighted by atomic mass is 16.1. The van der Waals surface area contributed by atoms with Crippen LogP contribution in [-0.2, 0) is 9.59 Å². The quantitative estimate of drug-likeness (QED) is 0.751. The van der Waals surface area contributed by atoms with Crippen LogP contribution in [0.1, 0.15) is 45.4 Å². The van der Waals surface area contributed by atoms with Gasteiger partial charge in [0, 0.05) is 32.0 Å². The summed E-state index contributed by atoms with van der Waals surface area (Å²) in [7, 11) is 0. The van der Waals surface area contributed by atoms with Gasteiger partial charge >= 0.3 is 0 Å². The van der Waals surface area contributed by atoms with Gasteiger partial charge in [0.1, 0.15) is 5.78 Å². The van der Waals surface area contributed by atoms with Crippen LogP contribution in [-0.4, -0.2) is 42.3 Å². The summed E-state index contributed by atoms with van der Waals surface area (Å²) < 4.78 is 0. The van der Waals surface area contributed by atoms with E-state index in [-0.39, 0.29) is 5.91 Å². The van der Waals surface area contributed by atoms with Crippen LogP contribution in [0, 0.1) is 5.92 Å². The summed E-state index contributed by atoms with van der Waals surface area (Å²) in [6, 6.07) is 0.416. The molecule has 2 aliphatic rings. The van der Waals surface area contributed by atoms with E-state index in [0.29, 0.717) is 24.2 Å². The number of hydrogen-bond donors (Lipinski definition) is 1. The zero-order chi connectivity index (χ0) is 13.0. The number of piperidine rings is 2. The minimum Gasteiger partial charge on any atom is -0.353 e. The molecule has 0 aromatic heterocycles. The third-order valence-electron chi connectivity index (χ3n) is 4.16. The zero-order valence-electron chi connectivity index (χ0n) is 11.3. The molecule has 0 aromatic carbocycles. The fraction of sp³-hybridized carbons (Fsp3) is 0.857. The first kappa shape index (κ1) is 13.5. The number of carbonyl (C=O) groups is 2. The number of fused-ring (bicyclic) bond motifs is 1. The van der Waals surface area contributed by atoms with Gasteiger partial charge in [0.05, 0.1) is 0 Å². The van der Waals surface area contributed by atoms with E-state index in [2.05, 4.69) is 10.2 Å². The molecule has 0 saturated carbocycles. The van der Waals surface area contributed by atoms with E-state index in [1.165, 1.54) is 0 Å². The van der Waals surface area contributed by atoms with Gasteiger partial charge in [-0.25, -0.2) is 0 Å². The van der Waals surface area contributed by atoms with Gasteiger partial charge in [0.25, 0.3) is 0 Å². The number of Topliss-reactive ketones (excluding diaryl/α,β-unsaturated/α-hetero) is 1. The maximum Gasteiger partial charge on any atom is 0.220 e. The lowest BCUT2D eigenvalue weighted by atomic mass is 9.85. The van der Waals surface area contributed by atoms with Crippen LogP contribution in [0.3, 0.4) is 0 Å². The van der Waals surface area contributed by atoms with Crippen LogP contribution >= 0.6 is 0 Å². The molecule has 2 saturated heterocycles. The Hall–Kier alpha value is -0.900. The van der Waals surface area contributed by atoms with Crippen LogP contribution < -0.4 is 5.32 Å². The molecule has 0 bridgehead atoms. The van der Waals surface area contributed by atoms with Crippen LogP contribution in [0.15, 0.2) is 0 Å². The largest absolute Gasteiger partial charge is 0.353 e. The van der Waals surface area contributed by atoms with Crippen molar-refractivity contribution in [1.82, 2.24) is 10.2 Å². The third-order valence-corrected chi connectivity index (χ3v) is 4.16. The van der Waals surface area contributed by atoms with Crippen molar-refractivity contribution in [2.24, 2.45) is 5.92 Å². The van der Waals surface area contributed by atoms with Gasteiger partial charge in [-0.3, -0.25) is 4.79 Å². The SMILES string of the molecule is CC(=O)CCCCN1CCC2NC(=O)CCC2C1. The molecule has 2 fully saturated rings. The predicted octanol–water partition coefficient (Wildman–Crippen LogP) is 1.35. The molecule has 4 nitrogen and oxygen atoms in total. The Balaban J connectivity index is 1.67. The average Bonchev–Trinajstić information content (AvgIpc) is 2.34. The Labute approximate surface area is 109 Å². The first-order valence-electron chi connectivity index (χ1n) is 7.16. The molecule has 4 heteroatoms. The predicted molar refractivity (Wildman–Crippen MR) is 70.2 cm³/mol. The zero-order valence-corrected chi connectivity index (χ0v) is 11.3. The van der Waals surface area contributed by atoms with E-state index in [4.69, 9.17) is 0 Å². The molecular weight excluding hydrogens is 228 g/mol. The van der Waals surface area contributed by atoms with Crippen molar-refractivity contribution in [1.29, 1.82) is 0 Å². The molecule has 0 spiro atoms. The van der Waals surface area contributed by atoms with Gasteiger partial charge in [0.2, 0.25) is 5.91 Å². The number of amides is 1. The van der Waals surface area contributed by atoms with Crippen LogP contribution in [0.4, 0.5) is 0 Å². The molecule has 102 valence electrons. The van der Waals surface area contributed by atoms with E-state index in [1.807, 2.05) is 0 Å². The molecule has 2 rings (SSSR count). The smallest absolute Gasteiger partial charge is 0.220 e. The third kappa shape index (κ3) is 3.80. The minimum absolute atomic E-state index is 0.228. The van der Waals surface area contributed by atoms with Crippen molar-refractivity contribution in [3.05, 3.63) is 0 Å². The summed E-state index contributed by atoms with van der Waals surface area (Å²) >= 11 is 0. The number of nitrogens with zero attached hydrogens (tertiary/aromatic N) is 1. The standard InChI is InChI=1S/C14H24N2O2/c1-11(17)4-2-3-8-16-9-7-13-12(10-16)5-6-14(18)15-13/h12-13H,2-10H2,1H3,(H,15,18). The molecule has 2 atom stereocenters. The van der Waals surface area contributed by atoms with Crippen LogP contribution in [0.25, 0.3) is 0 Å². The molecule has 18 heavy (non-hydrogen) atoms. The summed E-state index contributed by atoms with van der Waals surface area (Å²) in [6.07, 6.45) is 5.67. The van der Waals surface area contributed by atoms with Crippen LogP contribution in [0.5, 0.6) is 0 Å². The van der Waals surface area contributed by atoms with E-state index in [1.54, 1.807) is 6.92 Å². The summed E-state index contributed by atoms with van der Waals surface area (Å²) in [5, 5.41) is 3.11. The Morgan fingerprint density at radius 3 is 3.00 bits per heavy atom. The Bertz CT molecular complexity index is 317. The summed E-state index contributed by atoms with van der Waals surface area (Å²) in [4.78, 5) is 24.7. The van der Waals surface area contributed by atoms with Crippen LogP contribution in [0.2, 0.25) is 0 Å². The Morgan fingerprint density at radius 2 is 2.22 bits per heavy atom. The molecule has 1 N–H and O–H groups in total. The lowest BCUT2D eigenvalue weighted by Crippen LogP contribution is -2.54. The lowest BCUT2D eigenvalue weighted by Gasteiger charge is -2.41. The summed E-state index contributed by atoms with van der Waals surface area (Å²) in [5.41, 5.74) is 0. The highest BCUT2D eigenvalue weighted by Crippen LogP contribution is 2.25. The van der Waals surface area contributed by atoms with Crippen molar-refractivity contribution in [3.63, 3.8) is 0 Å². The number of carbonyl (C=O) groups excluding carboxylic acids is 2. The normalized spacial score (nSPS) is 28.6. The number of likely N-dealkylation sites (tertiary alicyclic amines) is 1. The van der Waals surface area contributed by atoms with Crippen molar-refractivity contribution in [3.8, 4) is 0 Å². The monoisotopic (exact) mass is 252 g/mol. The second kappa shape index (κ2) is 6.32. The number of nitrogens with one attached hydrogen (secondary N) is 1. The van der Waals surface area contributed by atoms with E-state index in [9.17, 15) is 9.59 Å². The second-order valence-electron chi connectivity index (χ2n) is 5.72. The minimum atomic E-state index is 0.228. The number of ketones is 1. The summed E-state index contributed by atoms with van der Waals surface area (Å²) in [6.45, 7) is 4.97. The molecule has 0 aliphatic carbocycles. The van der Waals surface area contributed by atoms with Gasteiger partial charge in [-0.1, -0.05) is 0 Å². The molecule has 0 radical (unpaired) electrons. The van der Waals surface area contributed by atoms with Crippen molar-refractivity contribution in [2.45, 2.75) is 51.5 Å². The van der Waals surface area contributed by atoms with Gasteiger partial charge in [-0.2, -0.15) is 0 Å². The Kier molecular flexibility index (Phi) is 4.75. The lowest BCUT2D eigenvalue weighted by molar-refractivity contribution is -0.125. The highest BCUT2D eigenvalue weighted by Gasteiger charge is 2.33. The fourth-order valence-corrected chi connectivity index (χ4v) is 3.10. The second-order valence-corrected chi connectivity index (χ2v) is 5.72. The van der Waals surface area contributed by atoms with Gasteiger partial charge in [0.15, 0.2) is 0 Å². The summed E-state index contributed by atoms with van der Waals surface area (Å²) in [5.74, 6) is 1.17. The first-order chi connectivity index (χ1) is 8.65. The average molecular weight is 252 g/mol.